The van der Waals surface area contributed by atoms with Gasteiger partial charge < -0.3 is 25.6 Å². The number of fused-ring (bicyclic) bond motifs is 1. The molecule has 0 aliphatic carbocycles. The first-order valence-corrected chi connectivity index (χ1v) is 16.2. The molecule has 0 unspecified atom stereocenters. The molecule has 0 saturated carbocycles. The molecule has 1 amide bonds. The Bertz CT molecular complexity index is 1940. The largest absolute Gasteiger partial charge is 0.467 e. The SMILES string of the molecule is [C-]#[N+]c1ccc(C[C@H](Nc2nc(NCC3=Nc4cc(F)ccc4C3)nc(Nc3cccc(CN4CCN(C(C)=O)CC4)c3)n2)C(=O)OC)cc1. The summed E-state index contributed by atoms with van der Waals surface area (Å²) in [6, 6.07) is 18.6. The van der Waals surface area contributed by atoms with Crippen LogP contribution >= 0.6 is 0 Å². The molecule has 0 radical (unpaired) electrons. The fourth-order valence-corrected chi connectivity index (χ4v) is 5.87. The maximum Gasteiger partial charge on any atom is 0.328 e. The summed E-state index contributed by atoms with van der Waals surface area (Å²) in [4.78, 5) is 50.5. The first-order chi connectivity index (χ1) is 24.2. The summed E-state index contributed by atoms with van der Waals surface area (Å²) >= 11 is 0. The summed E-state index contributed by atoms with van der Waals surface area (Å²) in [5.74, 6) is -0.143. The monoisotopic (exact) mass is 676 g/mol. The highest BCUT2D eigenvalue weighted by atomic mass is 19.1. The van der Waals surface area contributed by atoms with Crippen LogP contribution < -0.4 is 16.0 Å². The van der Waals surface area contributed by atoms with Gasteiger partial charge in [0, 0.05) is 63.9 Å². The Labute approximate surface area is 289 Å². The highest BCUT2D eigenvalue weighted by Gasteiger charge is 2.23. The Balaban J connectivity index is 1.21. The summed E-state index contributed by atoms with van der Waals surface area (Å²) in [5, 5.41) is 9.61. The van der Waals surface area contributed by atoms with Crippen LogP contribution in [0.15, 0.2) is 71.7 Å². The second kappa shape index (κ2) is 15.5. The molecule has 1 atom stereocenters. The van der Waals surface area contributed by atoms with Crippen molar-refractivity contribution in [2.75, 3.05) is 55.8 Å². The van der Waals surface area contributed by atoms with Crippen LogP contribution in [-0.2, 0) is 33.7 Å². The van der Waals surface area contributed by atoms with Crippen LogP contribution in [0.2, 0.25) is 0 Å². The van der Waals surface area contributed by atoms with Crippen molar-refractivity contribution < 1.29 is 18.7 Å². The first kappa shape index (κ1) is 33.9. The summed E-state index contributed by atoms with van der Waals surface area (Å²) in [6.45, 7) is 12.8. The molecule has 1 aromatic heterocycles. The number of rotatable bonds is 12. The van der Waals surface area contributed by atoms with Gasteiger partial charge in [0.2, 0.25) is 23.8 Å². The summed E-state index contributed by atoms with van der Waals surface area (Å²) in [7, 11) is 1.31. The number of aliphatic imine (C=N–C) groups is 1. The highest BCUT2D eigenvalue weighted by molar-refractivity contribution is 5.96. The van der Waals surface area contributed by atoms with Gasteiger partial charge in [-0.25, -0.2) is 14.0 Å². The van der Waals surface area contributed by atoms with Crippen molar-refractivity contribution in [2.24, 2.45) is 4.99 Å². The Morgan fingerprint density at radius 2 is 1.72 bits per heavy atom. The normalized spacial score (nSPS) is 14.6. The van der Waals surface area contributed by atoms with Crippen molar-refractivity contribution in [3.05, 3.63) is 101 Å². The minimum atomic E-state index is -0.836. The van der Waals surface area contributed by atoms with E-state index in [0.717, 1.165) is 47.7 Å². The number of aromatic nitrogens is 3. The number of nitrogens with zero attached hydrogens (tertiary/aromatic N) is 7. The van der Waals surface area contributed by atoms with Gasteiger partial charge in [0.05, 0.1) is 25.9 Å². The van der Waals surface area contributed by atoms with Crippen molar-refractivity contribution >= 4 is 52.5 Å². The van der Waals surface area contributed by atoms with E-state index in [1.807, 2.05) is 29.2 Å². The van der Waals surface area contributed by atoms with Crippen molar-refractivity contribution in [3.8, 4) is 0 Å². The van der Waals surface area contributed by atoms with Gasteiger partial charge in [-0.05, 0) is 41.0 Å². The van der Waals surface area contributed by atoms with Crippen LogP contribution in [0.1, 0.15) is 23.6 Å². The zero-order chi connectivity index (χ0) is 35.0. The van der Waals surface area contributed by atoms with Gasteiger partial charge in [-0.15, -0.1) is 0 Å². The molecule has 0 spiro atoms. The van der Waals surface area contributed by atoms with Gasteiger partial charge in [0.1, 0.15) is 11.9 Å². The van der Waals surface area contributed by atoms with Gasteiger partial charge in [0.25, 0.3) is 0 Å². The summed E-state index contributed by atoms with van der Waals surface area (Å²) in [6.07, 6.45) is 0.827. The Morgan fingerprint density at radius 3 is 2.46 bits per heavy atom. The zero-order valence-electron chi connectivity index (χ0n) is 27.8. The van der Waals surface area contributed by atoms with Crippen molar-refractivity contribution in [3.63, 3.8) is 0 Å². The van der Waals surface area contributed by atoms with Crippen LogP contribution in [0, 0.1) is 12.4 Å². The van der Waals surface area contributed by atoms with Gasteiger partial charge in [-0.3, -0.25) is 14.7 Å². The third-order valence-corrected chi connectivity index (χ3v) is 8.51. The molecule has 13 nitrogen and oxygen atoms in total. The number of hydrogen-bond acceptors (Lipinski definition) is 11. The Morgan fingerprint density at radius 1 is 0.960 bits per heavy atom. The Hall–Kier alpha value is -5.94. The molecule has 4 aromatic rings. The van der Waals surface area contributed by atoms with Gasteiger partial charge in [-0.1, -0.05) is 42.5 Å². The maximum absolute atomic E-state index is 13.8. The summed E-state index contributed by atoms with van der Waals surface area (Å²) < 4.78 is 18.9. The number of halogens is 1. The second-order valence-electron chi connectivity index (χ2n) is 12.1. The number of methoxy groups -OCH3 is 1. The smallest absolute Gasteiger partial charge is 0.328 e. The maximum atomic E-state index is 13.8. The van der Waals surface area contributed by atoms with Crippen LogP contribution in [0.4, 0.5) is 39.3 Å². The Kier molecular flexibility index (Phi) is 10.5. The van der Waals surface area contributed by atoms with E-state index in [-0.39, 0.29) is 36.0 Å². The zero-order valence-corrected chi connectivity index (χ0v) is 27.8. The molecule has 3 heterocycles. The number of amides is 1. The molecule has 50 heavy (non-hydrogen) atoms. The molecular formula is C36H37FN10O3. The van der Waals surface area contributed by atoms with Crippen molar-refractivity contribution in [1.82, 2.24) is 24.8 Å². The molecule has 6 rings (SSSR count). The minimum absolute atomic E-state index is 0.0980. The number of carbonyl (C=O) groups is 2. The predicted molar refractivity (Wildman–Crippen MR) is 189 cm³/mol. The third kappa shape index (κ3) is 8.74. The van der Waals surface area contributed by atoms with E-state index in [9.17, 15) is 14.0 Å². The van der Waals surface area contributed by atoms with Crippen LogP contribution in [0.25, 0.3) is 4.85 Å². The number of esters is 1. The van der Waals surface area contributed by atoms with E-state index >= 15 is 0 Å². The highest BCUT2D eigenvalue weighted by Crippen LogP contribution is 2.27. The average molecular weight is 677 g/mol. The van der Waals surface area contributed by atoms with E-state index in [2.05, 4.69) is 45.6 Å². The number of carbonyl (C=O) groups excluding carboxylic acids is 2. The molecule has 1 fully saturated rings. The van der Waals surface area contributed by atoms with Crippen LogP contribution in [0.5, 0.6) is 0 Å². The lowest BCUT2D eigenvalue weighted by Gasteiger charge is -2.34. The fourth-order valence-electron chi connectivity index (χ4n) is 5.87. The topological polar surface area (TPSA) is 141 Å². The van der Waals surface area contributed by atoms with Gasteiger partial charge >= 0.3 is 5.97 Å². The van der Waals surface area contributed by atoms with Crippen LogP contribution in [0.3, 0.4) is 0 Å². The molecular weight excluding hydrogens is 639 g/mol. The number of nitrogens with one attached hydrogen (secondary N) is 3. The lowest BCUT2D eigenvalue weighted by atomic mass is 10.1. The van der Waals surface area contributed by atoms with E-state index in [1.54, 1.807) is 37.3 Å². The molecule has 2 aliphatic rings. The number of piperazine rings is 1. The molecule has 256 valence electrons. The fraction of sp³-hybridized carbons (Fsp3) is 0.306. The molecule has 0 bridgehead atoms. The van der Waals surface area contributed by atoms with E-state index < -0.39 is 12.0 Å². The van der Waals surface area contributed by atoms with E-state index in [4.69, 9.17) is 11.3 Å². The summed E-state index contributed by atoms with van der Waals surface area (Å²) in [5.41, 5.74) is 5.50. The number of anilines is 4. The van der Waals surface area contributed by atoms with Crippen LogP contribution in [-0.4, -0.2) is 88.2 Å². The lowest BCUT2D eigenvalue weighted by Crippen LogP contribution is -2.47. The average Bonchev–Trinajstić information content (AvgIpc) is 3.53. The van der Waals surface area contributed by atoms with Gasteiger partial charge in [0.15, 0.2) is 5.69 Å². The van der Waals surface area contributed by atoms with Crippen molar-refractivity contribution in [2.45, 2.75) is 32.4 Å². The molecule has 14 heteroatoms. The number of ether oxygens (including phenoxy) is 1. The van der Waals surface area contributed by atoms with E-state index in [0.29, 0.717) is 37.4 Å². The molecule has 1 saturated heterocycles. The van der Waals surface area contributed by atoms with Crippen molar-refractivity contribution in [1.29, 1.82) is 0 Å². The lowest BCUT2D eigenvalue weighted by molar-refractivity contribution is -0.141. The number of hydrogen-bond donors (Lipinski definition) is 3. The first-order valence-electron chi connectivity index (χ1n) is 16.2. The minimum Gasteiger partial charge on any atom is -0.467 e. The quantitative estimate of drug-likeness (QED) is 0.140. The molecule has 3 aromatic carbocycles. The predicted octanol–water partition coefficient (Wildman–Crippen LogP) is 4.91. The third-order valence-electron chi connectivity index (χ3n) is 8.51. The molecule has 3 N–H and O–H groups in total. The standard InChI is InChI=1S/C36H37FN10O3/c1-23(48)47-15-13-46(14-16-47)22-25-5-4-6-29(17-25)41-35-43-34(39-21-30-19-26-9-10-27(37)20-31(26)40-30)44-36(45-35)42-32(33(49)50-3)18-24-7-11-28(38-2)12-8-24/h4-12,17,20,32H,13-16,18-19,21-22H2,1,3H3,(H3,39,41,42,43,44,45)/t32-/m0/s1. The van der Waals surface area contributed by atoms with E-state index in [1.165, 1.54) is 19.2 Å². The number of benzene rings is 3. The second-order valence-corrected chi connectivity index (χ2v) is 12.1. The van der Waals surface area contributed by atoms with Gasteiger partial charge in [-0.2, -0.15) is 15.0 Å². The molecule has 2 aliphatic heterocycles.